The zero-order chi connectivity index (χ0) is 15.9. The molecular weight excluding hydrogens is 274 g/mol. The third-order valence-electron chi connectivity index (χ3n) is 3.56. The van der Waals surface area contributed by atoms with Crippen LogP contribution in [-0.2, 0) is 16.0 Å². The molecule has 112 valence electrons. The van der Waals surface area contributed by atoms with Gasteiger partial charge in [-0.15, -0.1) is 0 Å². The number of rotatable bonds is 2. The van der Waals surface area contributed by atoms with Gasteiger partial charge in [0, 0.05) is 11.1 Å². The largest absolute Gasteiger partial charge is 0.289 e. The lowest BCUT2D eigenvalue weighted by Gasteiger charge is -2.00. The molecule has 2 aromatic carbocycles. The van der Waals surface area contributed by atoms with Gasteiger partial charge in [0.2, 0.25) is 0 Å². The number of carbonyl (C=O) groups is 2. The molecule has 1 aliphatic rings. The summed E-state index contributed by atoms with van der Waals surface area (Å²) in [6, 6.07) is 21.1. The SMILES string of the molecule is CC1=C(C)C(=O)NC1=O.c1ccc(Cc2ccccc2)cc1. The van der Waals surface area contributed by atoms with Gasteiger partial charge in [0.05, 0.1) is 0 Å². The summed E-state index contributed by atoms with van der Waals surface area (Å²) in [5, 5.41) is 2.16. The predicted octanol–water partition coefficient (Wildman–Crippen LogP) is 3.26. The fourth-order valence-corrected chi connectivity index (χ4v) is 2.06. The first-order chi connectivity index (χ1) is 10.6. The van der Waals surface area contributed by atoms with E-state index >= 15 is 0 Å². The molecule has 0 saturated heterocycles. The van der Waals surface area contributed by atoms with Crippen LogP contribution in [0.25, 0.3) is 0 Å². The molecule has 2 aromatic rings. The Bertz CT molecular complexity index is 628. The molecule has 0 bridgehead atoms. The first-order valence-corrected chi connectivity index (χ1v) is 7.19. The summed E-state index contributed by atoms with van der Waals surface area (Å²) >= 11 is 0. The molecule has 3 rings (SSSR count). The molecule has 0 aromatic heterocycles. The lowest BCUT2D eigenvalue weighted by atomic mass is 10.1. The Kier molecular flexibility index (Phi) is 5.26. The number of nitrogens with one attached hydrogen (secondary N) is 1. The van der Waals surface area contributed by atoms with E-state index in [9.17, 15) is 9.59 Å². The molecule has 1 heterocycles. The van der Waals surface area contributed by atoms with Crippen LogP contribution in [0.5, 0.6) is 0 Å². The fourth-order valence-electron chi connectivity index (χ4n) is 2.06. The van der Waals surface area contributed by atoms with Gasteiger partial charge in [0.25, 0.3) is 11.8 Å². The van der Waals surface area contributed by atoms with E-state index in [2.05, 4.69) is 66.0 Å². The fraction of sp³-hybridized carbons (Fsp3) is 0.158. The summed E-state index contributed by atoms with van der Waals surface area (Å²) in [4.78, 5) is 21.2. The van der Waals surface area contributed by atoms with E-state index in [-0.39, 0.29) is 11.8 Å². The van der Waals surface area contributed by atoms with Crippen molar-refractivity contribution in [1.82, 2.24) is 5.32 Å². The predicted molar refractivity (Wildman–Crippen MR) is 87.2 cm³/mol. The average molecular weight is 293 g/mol. The first kappa shape index (κ1) is 15.7. The smallest absolute Gasteiger partial charge is 0.254 e. The molecule has 0 atom stereocenters. The van der Waals surface area contributed by atoms with E-state index in [0.717, 1.165) is 6.42 Å². The molecule has 1 N–H and O–H groups in total. The quantitative estimate of drug-likeness (QED) is 0.864. The summed E-state index contributed by atoms with van der Waals surface area (Å²) in [6.07, 6.45) is 1.03. The van der Waals surface area contributed by atoms with Crippen molar-refractivity contribution in [2.24, 2.45) is 0 Å². The second-order valence-corrected chi connectivity index (χ2v) is 5.18. The summed E-state index contributed by atoms with van der Waals surface area (Å²) in [5.74, 6) is -0.532. The van der Waals surface area contributed by atoms with Crippen molar-refractivity contribution in [1.29, 1.82) is 0 Å². The Labute approximate surface area is 130 Å². The molecule has 0 radical (unpaired) electrons. The minimum Gasteiger partial charge on any atom is -0.289 e. The highest BCUT2D eigenvalue weighted by molar-refractivity contribution is 6.18. The van der Waals surface area contributed by atoms with Crippen LogP contribution in [0.4, 0.5) is 0 Å². The van der Waals surface area contributed by atoms with Crippen LogP contribution in [0.3, 0.4) is 0 Å². The van der Waals surface area contributed by atoms with Crippen LogP contribution >= 0.6 is 0 Å². The zero-order valence-electron chi connectivity index (χ0n) is 12.8. The molecule has 3 heteroatoms. The van der Waals surface area contributed by atoms with E-state index < -0.39 is 0 Å². The Balaban J connectivity index is 0.000000172. The molecule has 2 amide bonds. The van der Waals surface area contributed by atoms with E-state index in [1.54, 1.807) is 13.8 Å². The Morgan fingerprint density at radius 3 is 1.32 bits per heavy atom. The van der Waals surface area contributed by atoms with Crippen molar-refractivity contribution in [3.8, 4) is 0 Å². The average Bonchev–Trinajstić information content (AvgIpc) is 2.76. The highest BCUT2D eigenvalue weighted by atomic mass is 16.2. The van der Waals surface area contributed by atoms with Crippen LogP contribution in [0, 0.1) is 0 Å². The van der Waals surface area contributed by atoms with Crippen LogP contribution < -0.4 is 5.32 Å². The number of carbonyl (C=O) groups excluding carboxylic acids is 2. The van der Waals surface area contributed by atoms with Gasteiger partial charge < -0.3 is 0 Å². The monoisotopic (exact) mass is 293 g/mol. The van der Waals surface area contributed by atoms with Crippen molar-refractivity contribution in [3.05, 3.63) is 82.9 Å². The number of hydrogen-bond donors (Lipinski definition) is 1. The third-order valence-corrected chi connectivity index (χ3v) is 3.56. The van der Waals surface area contributed by atoms with Gasteiger partial charge in [-0.3, -0.25) is 14.9 Å². The van der Waals surface area contributed by atoms with Crippen molar-refractivity contribution in [3.63, 3.8) is 0 Å². The van der Waals surface area contributed by atoms with Crippen LogP contribution in [0.1, 0.15) is 25.0 Å². The van der Waals surface area contributed by atoms with E-state index in [4.69, 9.17) is 0 Å². The summed E-state index contributed by atoms with van der Waals surface area (Å²) in [7, 11) is 0. The topological polar surface area (TPSA) is 46.2 Å². The molecule has 0 saturated carbocycles. The summed E-state index contributed by atoms with van der Waals surface area (Å²) in [6.45, 7) is 3.27. The highest BCUT2D eigenvalue weighted by Crippen LogP contribution is 2.09. The normalized spacial score (nSPS) is 13.5. The van der Waals surface area contributed by atoms with Crippen molar-refractivity contribution in [2.45, 2.75) is 20.3 Å². The van der Waals surface area contributed by atoms with E-state index in [1.807, 2.05) is 0 Å². The van der Waals surface area contributed by atoms with Gasteiger partial charge in [-0.1, -0.05) is 60.7 Å². The molecule has 0 aliphatic carbocycles. The number of imide groups is 1. The van der Waals surface area contributed by atoms with E-state index in [0.29, 0.717) is 11.1 Å². The summed E-state index contributed by atoms with van der Waals surface area (Å²) in [5.41, 5.74) is 3.79. The van der Waals surface area contributed by atoms with Crippen LogP contribution in [-0.4, -0.2) is 11.8 Å². The maximum Gasteiger partial charge on any atom is 0.254 e. The van der Waals surface area contributed by atoms with Crippen LogP contribution in [0.15, 0.2) is 71.8 Å². The molecule has 22 heavy (non-hydrogen) atoms. The Hall–Kier alpha value is -2.68. The van der Waals surface area contributed by atoms with Gasteiger partial charge in [-0.05, 0) is 31.4 Å². The maximum absolute atomic E-state index is 10.6. The second kappa shape index (κ2) is 7.36. The third kappa shape index (κ3) is 4.16. The van der Waals surface area contributed by atoms with Crippen molar-refractivity contribution >= 4 is 11.8 Å². The molecule has 1 aliphatic heterocycles. The standard InChI is InChI=1S/C13H12.C6H7NO2/c1-3-7-12(8-4-1)11-13-9-5-2-6-10-13;1-3-4(2)6(9)7-5(3)8/h1-10H,11H2;1-2H3,(H,7,8,9). The minimum atomic E-state index is -0.266. The number of benzene rings is 2. The van der Waals surface area contributed by atoms with Gasteiger partial charge in [-0.2, -0.15) is 0 Å². The lowest BCUT2D eigenvalue weighted by Crippen LogP contribution is -2.22. The summed E-state index contributed by atoms with van der Waals surface area (Å²) < 4.78 is 0. The van der Waals surface area contributed by atoms with Gasteiger partial charge >= 0.3 is 0 Å². The Morgan fingerprint density at radius 2 is 1.05 bits per heavy atom. The minimum absolute atomic E-state index is 0.266. The van der Waals surface area contributed by atoms with Gasteiger partial charge in [0.1, 0.15) is 0 Å². The van der Waals surface area contributed by atoms with Crippen molar-refractivity contribution < 1.29 is 9.59 Å². The Morgan fingerprint density at radius 1 is 0.682 bits per heavy atom. The molecule has 0 spiro atoms. The van der Waals surface area contributed by atoms with Gasteiger partial charge in [0.15, 0.2) is 0 Å². The molecule has 3 nitrogen and oxygen atoms in total. The molecule has 0 fully saturated rings. The number of amides is 2. The number of hydrogen-bond acceptors (Lipinski definition) is 2. The second-order valence-electron chi connectivity index (χ2n) is 5.18. The van der Waals surface area contributed by atoms with Crippen LogP contribution in [0.2, 0.25) is 0 Å². The lowest BCUT2D eigenvalue weighted by molar-refractivity contribution is -0.124. The van der Waals surface area contributed by atoms with Crippen molar-refractivity contribution in [2.75, 3.05) is 0 Å². The highest BCUT2D eigenvalue weighted by Gasteiger charge is 2.22. The maximum atomic E-state index is 10.6. The first-order valence-electron chi connectivity index (χ1n) is 7.19. The van der Waals surface area contributed by atoms with E-state index in [1.165, 1.54) is 11.1 Å². The zero-order valence-corrected chi connectivity index (χ0v) is 12.8. The van der Waals surface area contributed by atoms with Gasteiger partial charge in [-0.25, -0.2) is 0 Å². The molecular formula is C19H19NO2. The molecule has 0 unspecified atom stereocenters.